The van der Waals surface area contributed by atoms with E-state index in [0.717, 1.165) is 49.4 Å². The van der Waals surface area contributed by atoms with Crippen molar-refractivity contribution in [1.82, 2.24) is 5.32 Å². The van der Waals surface area contributed by atoms with Crippen LogP contribution in [0.4, 0.5) is 0 Å². The largest absolute Gasteiger partial charge is 0.490 e. The number of amides is 1. The van der Waals surface area contributed by atoms with Gasteiger partial charge in [-0.25, -0.2) is 0 Å². The number of carbonyl (C=O) groups is 2. The second-order valence-electron chi connectivity index (χ2n) is 6.97. The summed E-state index contributed by atoms with van der Waals surface area (Å²) in [4.78, 5) is 25.0. The maximum Gasteiger partial charge on any atom is 0.309 e. The van der Waals surface area contributed by atoms with Crippen molar-refractivity contribution in [3.63, 3.8) is 0 Å². The van der Waals surface area contributed by atoms with Crippen molar-refractivity contribution in [2.24, 2.45) is 5.92 Å². The van der Waals surface area contributed by atoms with Crippen molar-refractivity contribution in [2.75, 3.05) is 46.5 Å². The number of methoxy groups -OCH3 is 1. The molecule has 1 aliphatic heterocycles. The minimum atomic E-state index is -0.134. The molecular weight excluding hydrogens is 360 g/mol. The molecule has 0 bridgehead atoms. The number of hydrogen-bond acceptors (Lipinski definition) is 5. The van der Waals surface area contributed by atoms with Crippen molar-refractivity contribution in [2.45, 2.75) is 33.1 Å². The molecule has 0 unspecified atom stereocenters. The summed E-state index contributed by atoms with van der Waals surface area (Å²) < 4.78 is 16.0. The summed E-state index contributed by atoms with van der Waals surface area (Å²) in [5.74, 6) is 1.38. The van der Waals surface area contributed by atoms with E-state index in [-0.39, 0.29) is 17.8 Å². The normalized spacial score (nSPS) is 19.0. The molecule has 1 aromatic carbocycles. The van der Waals surface area contributed by atoms with Gasteiger partial charge in [0.1, 0.15) is 0 Å². The zero-order valence-corrected chi connectivity index (χ0v) is 17.2. The first-order chi connectivity index (χ1) is 13.6. The van der Waals surface area contributed by atoms with Gasteiger partial charge in [0.2, 0.25) is 0 Å². The van der Waals surface area contributed by atoms with Gasteiger partial charge in [0, 0.05) is 19.4 Å². The molecular formula is C21H33N2O5+. The molecule has 156 valence electrons. The van der Waals surface area contributed by atoms with E-state index in [2.05, 4.69) is 5.32 Å². The highest BCUT2D eigenvalue weighted by Gasteiger charge is 2.28. The smallest absolute Gasteiger partial charge is 0.309 e. The molecule has 1 saturated heterocycles. The average Bonchev–Trinajstić information content (AvgIpc) is 2.70. The van der Waals surface area contributed by atoms with E-state index in [9.17, 15) is 9.59 Å². The predicted octanol–water partition coefficient (Wildman–Crippen LogP) is 0.611. The van der Waals surface area contributed by atoms with Gasteiger partial charge in [-0.1, -0.05) is 6.07 Å². The van der Waals surface area contributed by atoms with Crippen LogP contribution in [0.5, 0.6) is 11.5 Å². The highest BCUT2D eigenvalue weighted by atomic mass is 16.5. The molecule has 0 aromatic heterocycles. The maximum atomic E-state index is 12.2. The summed E-state index contributed by atoms with van der Waals surface area (Å²) in [6, 6.07) is 5.90. The van der Waals surface area contributed by atoms with Crippen LogP contribution < -0.4 is 19.7 Å². The highest BCUT2D eigenvalue weighted by Crippen LogP contribution is 2.28. The number of benzene rings is 1. The number of quaternary nitrogens is 1. The van der Waals surface area contributed by atoms with Gasteiger partial charge in [0.25, 0.3) is 5.91 Å². The topological polar surface area (TPSA) is 78.3 Å². The zero-order valence-electron chi connectivity index (χ0n) is 17.2. The molecule has 1 amide bonds. The maximum absolute atomic E-state index is 12.2. The van der Waals surface area contributed by atoms with Crippen LogP contribution >= 0.6 is 0 Å². The molecule has 28 heavy (non-hydrogen) atoms. The molecule has 0 saturated carbocycles. The van der Waals surface area contributed by atoms with Crippen LogP contribution in [0.2, 0.25) is 0 Å². The van der Waals surface area contributed by atoms with Gasteiger partial charge in [-0.15, -0.1) is 0 Å². The van der Waals surface area contributed by atoms with Crippen LogP contribution in [0.25, 0.3) is 0 Å². The Bertz CT molecular complexity index is 642. The molecule has 1 aliphatic rings. The standard InChI is InChI=1S/C21H32N2O5/c1-4-27-18-7-6-16(14-19(18)28-5-2)8-11-22-20(24)15-23-12-9-17(10-13-23)21(25)26-3/h6-7,14,17H,4-5,8-13,15H2,1-3H3,(H,22,24)/p+1. The second-order valence-corrected chi connectivity index (χ2v) is 6.97. The molecule has 2 rings (SSSR count). The Morgan fingerprint density at radius 3 is 2.43 bits per heavy atom. The van der Waals surface area contributed by atoms with Crippen molar-refractivity contribution in [1.29, 1.82) is 0 Å². The van der Waals surface area contributed by atoms with Crippen molar-refractivity contribution >= 4 is 11.9 Å². The fraction of sp³-hybridized carbons (Fsp3) is 0.619. The van der Waals surface area contributed by atoms with Gasteiger partial charge in [-0.3, -0.25) is 9.59 Å². The Morgan fingerprint density at radius 1 is 1.11 bits per heavy atom. The van der Waals surface area contributed by atoms with Crippen molar-refractivity contribution < 1.29 is 28.7 Å². The Hall–Kier alpha value is -2.28. The molecule has 7 nitrogen and oxygen atoms in total. The summed E-state index contributed by atoms with van der Waals surface area (Å²) in [6.45, 7) is 7.73. The molecule has 1 heterocycles. The fourth-order valence-corrected chi connectivity index (χ4v) is 3.49. The molecule has 0 radical (unpaired) electrons. The number of likely N-dealkylation sites (tertiary alicyclic amines) is 1. The number of esters is 1. The minimum Gasteiger partial charge on any atom is -0.490 e. The Kier molecular flexibility index (Phi) is 9.07. The number of piperidine rings is 1. The third kappa shape index (κ3) is 6.71. The molecule has 0 aliphatic carbocycles. The van der Waals surface area contributed by atoms with Gasteiger partial charge in [-0.2, -0.15) is 0 Å². The average molecular weight is 394 g/mol. The van der Waals surface area contributed by atoms with E-state index >= 15 is 0 Å². The van der Waals surface area contributed by atoms with E-state index in [0.29, 0.717) is 26.3 Å². The molecule has 0 atom stereocenters. The highest BCUT2D eigenvalue weighted by molar-refractivity contribution is 5.76. The monoisotopic (exact) mass is 393 g/mol. The van der Waals surface area contributed by atoms with Crippen LogP contribution in [0.15, 0.2) is 18.2 Å². The number of hydrogen-bond donors (Lipinski definition) is 2. The SMILES string of the molecule is CCOc1ccc(CCNC(=O)C[NH+]2CCC(C(=O)OC)CC2)cc1OCC. The van der Waals surface area contributed by atoms with Gasteiger partial charge in [-0.05, 0) is 38.0 Å². The molecule has 1 aromatic rings. The summed E-state index contributed by atoms with van der Waals surface area (Å²) in [5, 5.41) is 2.99. The Morgan fingerprint density at radius 2 is 1.79 bits per heavy atom. The number of rotatable bonds is 10. The van der Waals surface area contributed by atoms with E-state index in [1.54, 1.807) is 0 Å². The van der Waals surface area contributed by atoms with Crippen molar-refractivity contribution in [3.05, 3.63) is 23.8 Å². The van der Waals surface area contributed by atoms with Crippen LogP contribution in [-0.2, 0) is 20.7 Å². The Balaban J connectivity index is 1.73. The Labute approximate surface area is 167 Å². The van der Waals surface area contributed by atoms with E-state index in [1.807, 2.05) is 32.0 Å². The van der Waals surface area contributed by atoms with E-state index in [1.165, 1.54) is 12.0 Å². The lowest BCUT2D eigenvalue weighted by molar-refractivity contribution is -0.897. The zero-order chi connectivity index (χ0) is 20.4. The minimum absolute atomic E-state index is 0.0176. The third-order valence-electron chi connectivity index (χ3n) is 4.98. The molecule has 1 fully saturated rings. The van der Waals surface area contributed by atoms with E-state index < -0.39 is 0 Å². The predicted molar refractivity (Wildman–Crippen MR) is 106 cm³/mol. The first-order valence-electron chi connectivity index (χ1n) is 10.1. The van der Waals surface area contributed by atoms with Gasteiger partial charge < -0.3 is 24.4 Å². The molecule has 2 N–H and O–H groups in total. The van der Waals surface area contributed by atoms with Crippen molar-refractivity contribution in [3.8, 4) is 11.5 Å². The lowest BCUT2D eigenvalue weighted by Crippen LogP contribution is -3.14. The first-order valence-corrected chi connectivity index (χ1v) is 10.1. The molecule has 7 heteroatoms. The van der Waals surface area contributed by atoms with Gasteiger partial charge in [0.05, 0.1) is 39.3 Å². The van der Waals surface area contributed by atoms with Crippen LogP contribution in [0, 0.1) is 5.92 Å². The summed E-state index contributed by atoms with van der Waals surface area (Å²) in [5.41, 5.74) is 1.10. The van der Waals surface area contributed by atoms with Crippen LogP contribution in [-0.4, -0.2) is 58.4 Å². The lowest BCUT2D eigenvalue weighted by Gasteiger charge is -2.27. The lowest BCUT2D eigenvalue weighted by atomic mass is 9.97. The second kappa shape index (κ2) is 11.5. The number of nitrogens with one attached hydrogen (secondary N) is 2. The van der Waals surface area contributed by atoms with Gasteiger partial charge in [0.15, 0.2) is 18.0 Å². The number of ether oxygens (including phenoxy) is 3. The fourth-order valence-electron chi connectivity index (χ4n) is 3.49. The van der Waals surface area contributed by atoms with Crippen LogP contribution in [0.3, 0.4) is 0 Å². The van der Waals surface area contributed by atoms with Gasteiger partial charge >= 0.3 is 5.97 Å². The number of carbonyl (C=O) groups excluding carboxylic acids is 2. The summed E-state index contributed by atoms with van der Waals surface area (Å²) in [7, 11) is 1.43. The quantitative estimate of drug-likeness (QED) is 0.570. The van der Waals surface area contributed by atoms with Crippen LogP contribution in [0.1, 0.15) is 32.3 Å². The first kappa shape index (κ1) is 22.0. The third-order valence-corrected chi connectivity index (χ3v) is 4.98. The summed E-state index contributed by atoms with van der Waals surface area (Å²) in [6.07, 6.45) is 2.29. The summed E-state index contributed by atoms with van der Waals surface area (Å²) >= 11 is 0. The van der Waals surface area contributed by atoms with E-state index in [4.69, 9.17) is 14.2 Å². The molecule has 0 spiro atoms.